The van der Waals surface area contributed by atoms with Crippen molar-refractivity contribution in [1.29, 1.82) is 0 Å². The minimum atomic E-state index is 0.358. The van der Waals surface area contributed by atoms with Crippen molar-refractivity contribution in [1.82, 2.24) is 15.4 Å². The van der Waals surface area contributed by atoms with Crippen LogP contribution in [0.4, 0.5) is 0 Å². The van der Waals surface area contributed by atoms with E-state index >= 15 is 0 Å². The predicted octanol–water partition coefficient (Wildman–Crippen LogP) is 3.88. The van der Waals surface area contributed by atoms with Crippen molar-refractivity contribution < 1.29 is 4.84 Å². The van der Waals surface area contributed by atoms with Gasteiger partial charge in [0, 0.05) is 35.6 Å². The summed E-state index contributed by atoms with van der Waals surface area (Å²) in [6, 6.07) is 18.1. The van der Waals surface area contributed by atoms with Crippen LogP contribution >= 0.6 is 0 Å². The van der Waals surface area contributed by atoms with Gasteiger partial charge in [0.1, 0.15) is 0 Å². The molecule has 0 spiro atoms. The molecule has 0 amide bonds. The summed E-state index contributed by atoms with van der Waals surface area (Å²) in [5.41, 5.74) is 9.25. The van der Waals surface area contributed by atoms with E-state index in [0.717, 1.165) is 24.6 Å². The Morgan fingerprint density at radius 3 is 2.68 bits per heavy atom. The Hall–Kier alpha value is -2.63. The SMILES string of the molecule is Cc1ccc(Cn2c(C3=NCON3)c(CNC3CCC3)c3ccccc32)cc1. The highest BCUT2D eigenvalue weighted by Crippen LogP contribution is 2.29. The fraction of sp³-hybridized carbons (Fsp3) is 0.348. The Bertz CT molecular complexity index is 1020. The van der Waals surface area contributed by atoms with Crippen LogP contribution in [-0.2, 0) is 17.9 Å². The van der Waals surface area contributed by atoms with E-state index in [1.807, 2.05) is 0 Å². The first-order chi connectivity index (χ1) is 13.8. The van der Waals surface area contributed by atoms with Crippen molar-refractivity contribution in [3.05, 3.63) is 70.9 Å². The number of fused-ring (bicyclic) bond motifs is 1. The summed E-state index contributed by atoms with van der Waals surface area (Å²) in [6.07, 6.45) is 3.89. The van der Waals surface area contributed by atoms with Gasteiger partial charge in [0.15, 0.2) is 12.6 Å². The zero-order valence-electron chi connectivity index (χ0n) is 16.2. The molecule has 5 rings (SSSR count). The van der Waals surface area contributed by atoms with E-state index in [2.05, 4.69) is 75.8 Å². The second kappa shape index (κ2) is 7.41. The summed E-state index contributed by atoms with van der Waals surface area (Å²) in [5, 5.41) is 5.02. The van der Waals surface area contributed by atoms with Gasteiger partial charge < -0.3 is 9.88 Å². The number of para-hydroxylation sites is 1. The van der Waals surface area contributed by atoms with Crippen LogP contribution < -0.4 is 10.8 Å². The molecule has 2 aliphatic rings. The standard InChI is InChI=1S/C23H26N4O/c1-16-9-11-17(12-10-16)14-27-21-8-3-2-7-19(21)20(13-24-18-5-4-6-18)22(27)23-25-15-28-26-23/h2-3,7-12,18,24H,4-6,13-15H2,1H3,(H,25,26). The van der Waals surface area contributed by atoms with Crippen LogP contribution in [0.2, 0.25) is 0 Å². The van der Waals surface area contributed by atoms with Crippen LogP contribution in [0.25, 0.3) is 10.9 Å². The maximum atomic E-state index is 5.35. The van der Waals surface area contributed by atoms with Gasteiger partial charge in [-0.05, 0) is 31.4 Å². The second-order valence-corrected chi connectivity index (χ2v) is 7.81. The molecule has 0 bridgehead atoms. The van der Waals surface area contributed by atoms with E-state index in [1.54, 1.807) is 0 Å². The molecule has 0 unspecified atom stereocenters. The van der Waals surface area contributed by atoms with Gasteiger partial charge >= 0.3 is 0 Å². The van der Waals surface area contributed by atoms with Gasteiger partial charge in [0.25, 0.3) is 0 Å². The smallest absolute Gasteiger partial charge is 0.172 e. The highest BCUT2D eigenvalue weighted by atomic mass is 16.7. The van der Waals surface area contributed by atoms with E-state index in [0.29, 0.717) is 12.8 Å². The van der Waals surface area contributed by atoms with E-state index in [1.165, 1.54) is 46.9 Å². The quantitative estimate of drug-likeness (QED) is 0.688. The molecular formula is C23H26N4O. The van der Waals surface area contributed by atoms with E-state index in [9.17, 15) is 0 Å². The number of hydrogen-bond donors (Lipinski definition) is 2. The van der Waals surface area contributed by atoms with Crippen LogP contribution in [0.1, 0.15) is 41.6 Å². The van der Waals surface area contributed by atoms with Crippen LogP contribution in [0.3, 0.4) is 0 Å². The molecule has 0 atom stereocenters. The Kier molecular flexibility index (Phi) is 4.63. The minimum Gasteiger partial charge on any atom is -0.333 e. The lowest BCUT2D eigenvalue weighted by Gasteiger charge is -2.26. The third-order valence-corrected chi connectivity index (χ3v) is 5.89. The second-order valence-electron chi connectivity index (χ2n) is 7.81. The zero-order valence-corrected chi connectivity index (χ0v) is 16.2. The molecule has 1 aliphatic carbocycles. The molecule has 1 fully saturated rings. The molecule has 0 saturated heterocycles. The summed E-state index contributed by atoms with van der Waals surface area (Å²) in [4.78, 5) is 9.93. The number of aromatic nitrogens is 1. The third kappa shape index (κ3) is 3.21. The molecule has 5 nitrogen and oxygen atoms in total. The van der Waals surface area contributed by atoms with Crippen molar-refractivity contribution in [2.24, 2.45) is 4.99 Å². The van der Waals surface area contributed by atoms with Crippen molar-refractivity contribution in [3.8, 4) is 0 Å². The Morgan fingerprint density at radius 1 is 1.14 bits per heavy atom. The van der Waals surface area contributed by atoms with Crippen molar-refractivity contribution in [3.63, 3.8) is 0 Å². The first kappa shape index (κ1) is 17.5. The number of aryl methyl sites for hydroxylation is 1. The van der Waals surface area contributed by atoms with E-state index in [-0.39, 0.29) is 0 Å². The van der Waals surface area contributed by atoms with Crippen molar-refractivity contribution >= 4 is 16.7 Å². The number of nitrogens with zero attached hydrogens (tertiary/aromatic N) is 2. The summed E-state index contributed by atoms with van der Waals surface area (Å²) in [7, 11) is 0. The summed E-state index contributed by atoms with van der Waals surface area (Å²) in [5.74, 6) is 0.828. The van der Waals surface area contributed by atoms with Crippen LogP contribution in [0, 0.1) is 6.92 Å². The van der Waals surface area contributed by atoms with Gasteiger partial charge in [0.05, 0.1) is 5.69 Å². The summed E-state index contributed by atoms with van der Waals surface area (Å²) in [6.45, 7) is 4.14. The zero-order chi connectivity index (χ0) is 18.9. The number of nitrogens with one attached hydrogen (secondary N) is 2. The Morgan fingerprint density at radius 2 is 1.96 bits per heavy atom. The van der Waals surface area contributed by atoms with Gasteiger partial charge in [-0.3, -0.25) is 4.84 Å². The van der Waals surface area contributed by atoms with Gasteiger partial charge in [-0.25, -0.2) is 10.5 Å². The van der Waals surface area contributed by atoms with E-state index < -0.39 is 0 Å². The molecular weight excluding hydrogens is 348 g/mol. The lowest BCUT2D eigenvalue weighted by atomic mass is 9.93. The van der Waals surface area contributed by atoms with Crippen LogP contribution in [0.15, 0.2) is 53.5 Å². The van der Waals surface area contributed by atoms with Gasteiger partial charge in [-0.1, -0.05) is 54.4 Å². The molecule has 5 heteroatoms. The molecule has 3 aromatic rings. The summed E-state index contributed by atoms with van der Waals surface area (Å²) < 4.78 is 2.37. The molecule has 2 aromatic carbocycles. The van der Waals surface area contributed by atoms with Crippen LogP contribution in [-0.4, -0.2) is 23.2 Å². The molecule has 1 aromatic heterocycles. The summed E-state index contributed by atoms with van der Waals surface area (Å²) >= 11 is 0. The van der Waals surface area contributed by atoms with Gasteiger partial charge in [-0.15, -0.1) is 0 Å². The maximum absolute atomic E-state index is 5.35. The Labute approximate surface area is 165 Å². The predicted molar refractivity (Wildman–Crippen MR) is 112 cm³/mol. The molecule has 1 saturated carbocycles. The average Bonchev–Trinajstić information content (AvgIpc) is 3.30. The molecule has 2 N–H and O–H groups in total. The Balaban J connectivity index is 1.61. The number of amidine groups is 1. The maximum Gasteiger partial charge on any atom is 0.172 e. The minimum absolute atomic E-state index is 0.358. The topological polar surface area (TPSA) is 50.6 Å². The largest absolute Gasteiger partial charge is 0.333 e. The fourth-order valence-corrected chi connectivity index (χ4v) is 4.08. The average molecular weight is 374 g/mol. The number of hydrogen-bond acceptors (Lipinski definition) is 4. The molecule has 0 radical (unpaired) electrons. The monoisotopic (exact) mass is 374 g/mol. The van der Waals surface area contributed by atoms with E-state index in [4.69, 9.17) is 4.84 Å². The highest BCUT2D eigenvalue weighted by Gasteiger charge is 2.25. The number of hydroxylamine groups is 1. The molecule has 28 heavy (non-hydrogen) atoms. The highest BCUT2D eigenvalue weighted by molar-refractivity contribution is 6.04. The lowest BCUT2D eigenvalue weighted by molar-refractivity contribution is 0.115. The number of rotatable bonds is 6. The normalized spacial score (nSPS) is 16.8. The van der Waals surface area contributed by atoms with Gasteiger partial charge in [-0.2, -0.15) is 0 Å². The first-order valence-electron chi connectivity index (χ1n) is 10.1. The van der Waals surface area contributed by atoms with Crippen LogP contribution in [0.5, 0.6) is 0 Å². The number of benzene rings is 2. The van der Waals surface area contributed by atoms with Gasteiger partial charge in [0.2, 0.25) is 0 Å². The molecule has 1 aliphatic heterocycles. The van der Waals surface area contributed by atoms with Crippen molar-refractivity contribution in [2.75, 3.05) is 6.73 Å². The molecule has 2 heterocycles. The first-order valence-corrected chi connectivity index (χ1v) is 10.1. The third-order valence-electron chi connectivity index (χ3n) is 5.89. The lowest BCUT2D eigenvalue weighted by Crippen LogP contribution is -2.35. The fourth-order valence-electron chi connectivity index (χ4n) is 4.08. The van der Waals surface area contributed by atoms with Crippen molar-refractivity contribution in [2.45, 2.75) is 45.3 Å². The number of aliphatic imine (C=N–C) groups is 1. The molecule has 144 valence electrons.